The number of carbonyl (C=O) groups is 3. The zero-order valence-corrected chi connectivity index (χ0v) is 23.2. The Morgan fingerprint density at radius 2 is 1.98 bits per heavy atom. The highest BCUT2D eigenvalue weighted by molar-refractivity contribution is 5.96. The van der Waals surface area contributed by atoms with Gasteiger partial charge in [-0.2, -0.15) is 0 Å². The molecule has 0 aliphatic carbocycles. The number of imidazole rings is 1. The van der Waals surface area contributed by atoms with Crippen LogP contribution in [0.5, 0.6) is 0 Å². The van der Waals surface area contributed by atoms with E-state index >= 15 is 0 Å². The number of benzene rings is 1. The van der Waals surface area contributed by atoms with Gasteiger partial charge in [0.25, 0.3) is 5.56 Å². The first-order valence-corrected chi connectivity index (χ1v) is 12.7. The van der Waals surface area contributed by atoms with Crippen LogP contribution in [0.4, 0.5) is 14.9 Å². The molecule has 13 heteroatoms. The van der Waals surface area contributed by atoms with E-state index in [9.17, 15) is 23.6 Å². The average molecular weight is 556 g/mol. The fraction of sp³-hybridized carbons (Fsp3) is 0.407. The van der Waals surface area contributed by atoms with E-state index in [0.29, 0.717) is 24.3 Å². The molecule has 3 rings (SSSR count). The fourth-order valence-corrected chi connectivity index (χ4v) is 3.93. The molecule has 0 bridgehead atoms. The highest BCUT2D eigenvalue weighted by atomic mass is 19.1. The number of hydrogen-bond acceptors (Lipinski definition) is 7. The number of allylic oxidation sites excluding steroid dienone is 1. The summed E-state index contributed by atoms with van der Waals surface area (Å²) in [5, 5.41) is 4.97. The predicted molar refractivity (Wildman–Crippen MR) is 147 cm³/mol. The first kappa shape index (κ1) is 30.0. The second-order valence-electron chi connectivity index (χ2n) is 9.80. The molecule has 2 aromatic heterocycles. The molecule has 40 heavy (non-hydrogen) atoms. The van der Waals surface area contributed by atoms with E-state index in [-0.39, 0.29) is 30.5 Å². The van der Waals surface area contributed by atoms with Crippen molar-refractivity contribution < 1.29 is 23.5 Å². The largest absolute Gasteiger partial charge is 0.453 e. The quantitative estimate of drug-likeness (QED) is 0.347. The highest BCUT2D eigenvalue weighted by Gasteiger charge is 2.22. The van der Waals surface area contributed by atoms with Crippen LogP contribution in [0.1, 0.15) is 32.5 Å². The van der Waals surface area contributed by atoms with Gasteiger partial charge in [0.1, 0.15) is 23.4 Å². The maximum atomic E-state index is 13.8. The number of amides is 3. The lowest BCUT2D eigenvalue weighted by atomic mass is 10.1. The normalized spacial score (nSPS) is 12.1. The summed E-state index contributed by atoms with van der Waals surface area (Å²) in [6.07, 6.45) is 5.12. The molecule has 1 aromatic carbocycles. The summed E-state index contributed by atoms with van der Waals surface area (Å²) < 4.78 is 21.7. The van der Waals surface area contributed by atoms with Gasteiger partial charge in [0.2, 0.25) is 11.8 Å². The Morgan fingerprint density at radius 1 is 1.23 bits per heavy atom. The van der Waals surface area contributed by atoms with Crippen LogP contribution >= 0.6 is 0 Å². The van der Waals surface area contributed by atoms with Gasteiger partial charge in [0.05, 0.1) is 37.2 Å². The summed E-state index contributed by atoms with van der Waals surface area (Å²) in [6.45, 7) is 4.72. The molecule has 214 valence electrons. The molecule has 0 aliphatic rings. The molecule has 2 N–H and O–H groups in total. The second kappa shape index (κ2) is 13.5. The van der Waals surface area contributed by atoms with E-state index in [1.807, 2.05) is 18.4 Å². The van der Waals surface area contributed by atoms with Crippen LogP contribution in [-0.4, -0.2) is 69.2 Å². The summed E-state index contributed by atoms with van der Waals surface area (Å²) in [5.74, 6) is -0.490. The molecule has 12 nitrogen and oxygen atoms in total. The number of methoxy groups -OCH3 is 1. The Labute approximate surface area is 230 Å². The number of rotatable bonds is 11. The number of fused-ring (bicyclic) bond motifs is 1. The number of nitrogens with zero attached hydrogens (tertiary/aromatic N) is 5. The number of alkyl carbamates (subject to hydrolysis) is 1. The molecule has 3 aromatic rings. The molecule has 0 unspecified atom stereocenters. The lowest BCUT2D eigenvalue weighted by Crippen LogP contribution is -2.44. The summed E-state index contributed by atoms with van der Waals surface area (Å²) >= 11 is 0. The fourth-order valence-electron chi connectivity index (χ4n) is 3.93. The van der Waals surface area contributed by atoms with Gasteiger partial charge in [-0.05, 0) is 37.0 Å². The zero-order chi connectivity index (χ0) is 29.4. The first-order chi connectivity index (χ1) is 19.0. The molecule has 0 fully saturated rings. The zero-order valence-electron chi connectivity index (χ0n) is 23.2. The molecular formula is C27H34FN7O5. The standard InChI is InChI=1S/C27H34FN7O5/c1-17(2)14-35-22-11-10-18(28)12-20(22)30-23(35)15-34-16-29-13-21(26(34)38)31-25(37)19(32-27(39)40-5)8-6-7-9-24(36)33(3)4/h7,9-13,16-17,19H,6,8,14-15H2,1-5H3,(H,31,37)(H,32,39)/b9-7+/t19-/m0/s1. The van der Waals surface area contributed by atoms with Crippen LogP contribution < -0.4 is 16.2 Å². The van der Waals surface area contributed by atoms with Gasteiger partial charge in [0.15, 0.2) is 0 Å². The number of aromatic nitrogens is 4. The van der Waals surface area contributed by atoms with E-state index in [2.05, 4.69) is 25.3 Å². The van der Waals surface area contributed by atoms with Crippen molar-refractivity contribution in [1.82, 2.24) is 29.3 Å². The van der Waals surface area contributed by atoms with Crippen LogP contribution in [-0.2, 0) is 27.4 Å². The third-order valence-electron chi connectivity index (χ3n) is 5.92. The van der Waals surface area contributed by atoms with Gasteiger partial charge in [-0.1, -0.05) is 19.9 Å². The minimum atomic E-state index is -1.05. The highest BCUT2D eigenvalue weighted by Crippen LogP contribution is 2.20. The third-order valence-corrected chi connectivity index (χ3v) is 5.92. The van der Waals surface area contributed by atoms with Crippen molar-refractivity contribution >= 4 is 34.6 Å². The van der Waals surface area contributed by atoms with Gasteiger partial charge in [-0.3, -0.25) is 19.0 Å². The van der Waals surface area contributed by atoms with Crippen molar-refractivity contribution in [1.29, 1.82) is 0 Å². The van der Waals surface area contributed by atoms with Crippen LogP contribution in [0.25, 0.3) is 11.0 Å². The summed E-state index contributed by atoms with van der Waals surface area (Å²) in [6, 6.07) is 3.31. The lowest BCUT2D eigenvalue weighted by molar-refractivity contribution is -0.123. The Morgan fingerprint density at radius 3 is 2.65 bits per heavy atom. The Bertz CT molecular complexity index is 1460. The number of nitrogens with one attached hydrogen (secondary N) is 2. The van der Waals surface area contributed by atoms with Crippen molar-refractivity contribution in [2.24, 2.45) is 5.92 Å². The number of likely N-dealkylation sites (N-methyl/N-ethyl adjacent to an activating group) is 1. The summed E-state index contributed by atoms with van der Waals surface area (Å²) in [4.78, 5) is 59.9. The van der Waals surface area contributed by atoms with Crippen molar-refractivity contribution in [3.8, 4) is 0 Å². The van der Waals surface area contributed by atoms with Crippen LogP contribution in [0.2, 0.25) is 0 Å². The van der Waals surface area contributed by atoms with Crippen molar-refractivity contribution in [3.05, 3.63) is 64.9 Å². The lowest BCUT2D eigenvalue weighted by Gasteiger charge is -2.17. The van der Waals surface area contributed by atoms with Gasteiger partial charge >= 0.3 is 6.09 Å². The monoisotopic (exact) mass is 555 g/mol. The molecule has 0 aliphatic heterocycles. The van der Waals surface area contributed by atoms with Crippen molar-refractivity contribution in [3.63, 3.8) is 0 Å². The number of ether oxygens (including phenoxy) is 1. The van der Waals surface area contributed by atoms with Gasteiger partial charge in [0, 0.05) is 26.7 Å². The number of carbonyl (C=O) groups excluding carboxylic acids is 3. The van der Waals surface area contributed by atoms with Gasteiger partial charge in [-0.25, -0.2) is 19.2 Å². The molecule has 1 atom stereocenters. The van der Waals surface area contributed by atoms with Crippen LogP contribution in [0, 0.1) is 11.7 Å². The number of hydrogen-bond donors (Lipinski definition) is 2. The first-order valence-electron chi connectivity index (χ1n) is 12.7. The Balaban J connectivity index is 1.82. The summed E-state index contributed by atoms with van der Waals surface area (Å²) in [5.41, 5.74) is 0.582. The van der Waals surface area contributed by atoms with Crippen molar-refractivity contribution in [2.75, 3.05) is 26.5 Å². The maximum absolute atomic E-state index is 13.8. The maximum Gasteiger partial charge on any atom is 0.407 e. The van der Waals surface area contributed by atoms with Crippen LogP contribution in [0.15, 0.2) is 47.7 Å². The third kappa shape index (κ3) is 7.74. The van der Waals surface area contributed by atoms with E-state index in [1.165, 1.54) is 47.3 Å². The van der Waals surface area contributed by atoms with E-state index < -0.39 is 29.4 Å². The molecule has 0 saturated carbocycles. The van der Waals surface area contributed by atoms with Gasteiger partial charge < -0.3 is 24.8 Å². The van der Waals surface area contributed by atoms with Crippen molar-refractivity contribution in [2.45, 2.75) is 45.8 Å². The average Bonchev–Trinajstić information content (AvgIpc) is 3.22. The minimum absolute atomic E-state index is 0.0348. The predicted octanol–water partition coefficient (Wildman–Crippen LogP) is 2.52. The number of halogens is 1. The molecular weight excluding hydrogens is 521 g/mol. The molecule has 3 amide bonds. The molecule has 0 spiro atoms. The summed E-state index contributed by atoms with van der Waals surface area (Å²) in [7, 11) is 4.39. The molecule has 0 saturated heterocycles. The second-order valence-corrected chi connectivity index (χ2v) is 9.80. The minimum Gasteiger partial charge on any atom is -0.453 e. The van der Waals surface area contributed by atoms with Gasteiger partial charge in [-0.15, -0.1) is 0 Å². The SMILES string of the molecule is COC(=O)N[C@@H](CC/C=C/C(=O)N(C)C)C(=O)Nc1cncn(Cc2nc3cc(F)ccc3n2CC(C)C)c1=O. The topological polar surface area (TPSA) is 140 Å². The number of anilines is 1. The molecule has 0 radical (unpaired) electrons. The van der Waals surface area contributed by atoms with E-state index in [4.69, 9.17) is 0 Å². The Hall–Kier alpha value is -4.55. The Kier molecular flexibility index (Phi) is 10.1. The molecule has 2 heterocycles. The van der Waals surface area contributed by atoms with E-state index in [1.54, 1.807) is 26.2 Å². The smallest absolute Gasteiger partial charge is 0.407 e. The van der Waals surface area contributed by atoms with E-state index in [0.717, 1.165) is 5.52 Å². The van der Waals surface area contributed by atoms with Crippen LogP contribution in [0.3, 0.4) is 0 Å².